The Bertz CT molecular complexity index is 1090. The monoisotopic (exact) mass is 476 g/mol. The van der Waals surface area contributed by atoms with Gasteiger partial charge in [0.1, 0.15) is 5.75 Å². The molecule has 2 heterocycles. The summed E-state index contributed by atoms with van der Waals surface area (Å²) in [4.78, 5) is 33.3. The highest BCUT2D eigenvalue weighted by atomic mass is 16.5. The van der Waals surface area contributed by atoms with E-state index in [1.807, 2.05) is 52.3 Å². The van der Waals surface area contributed by atoms with Crippen molar-refractivity contribution < 1.29 is 18.8 Å². The molecular formula is C27H32N4O4. The number of methoxy groups -OCH3 is 1. The lowest BCUT2D eigenvalue weighted by Gasteiger charge is -2.35. The first kappa shape index (κ1) is 24.4. The van der Waals surface area contributed by atoms with Crippen molar-refractivity contribution in [2.24, 2.45) is 0 Å². The van der Waals surface area contributed by atoms with Gasteiger partial charge in [-0.2, -0.15) is 4.98 Å². The van der Waals surface area contributed by atoms with Gasteiger partial charge >= 0.3 is 0 Å². The van der Waals surface area contributed by atoms with Gasteiger partial charge in [0.15, 0.2) is 0 Å². The van der Waals surface area contributed by atoms with Crippen molar-refractivity contribution in [3.8, 4) is 17.1 Å². The van der Waals surface area contributed by atoms with E-state index in [9.17, 15) is 9.59 Å². The number of carbonyl (C=O) groups excluding carboxylic acids is 2. The van der Waals surface area contributed by atoms with E-state index >= 15 is 0 Å². The first-order valence-corrected chi connectivity index (χ1v) is 12.2. The van der Waals surface area contributed by atoms with Gasteiger partial charge in [0.05, 0.1) is 7.11 Å². The van der Waals surface area contributed by atoms with Crippen LogP contribution in [-0.4, -0.2) is 65.0 Å². The lowest BCUT2D eigenvalue weighted by molar-refractivity contribution is -0.139. The fraction of sp³-hybridized carbons (Fsp3) is 0.407. The molecule has 1 fully saturated rings. The largest absolute Gasteiger partial charge is 0.497 e. The summed E-state index contributed by atoms with van der Waals surface area (Å²) in [5.74, 6) is 2.10. The van der Waals surface area contributed by atoms with Crippen LogP contribution in [0.5, 0.6) is 5.75 Å². The smallest absolute Gasteiger partial charge is 0.226 e. The Balaban J connectivity index is 1.14. The number of piperazine rings is 1. The molecule has 0 saturated carbocycles. The van der Waals surface area contributed by atoms with E-state index < -0.39 is 0 Å². The molecule has 0 aliphatic carbocycles. The number of carbonyl (C=O) groups is 2. The molecule has 1 saturated heterocycles. The third-order valence-corrected chi connectivity index (χ3v) is 6.28. The van der Waals surface area contributed by atoms with Crippen LogP contribution >= 0.6 is 0 Å². The zero-order valence-corrected chi connectivity index (χ0v) is 20.2. The first-order valence-electron chi connectivity index (χ1n) is 12.2. The number of benzene rings is 2. The Morgan fingerprint density at radius 1 is 0.857 bits per heavy atom. The van der Waals surface area contributed by atoms with Gasteiger partial charge in [0, 0.05) is 51.0 Å². The Hall–Kier alpha value is -3.68. The molecular weight excluding hydrogens is 444 g/mol. The van der Waals surface area contributed by atoms with E-state index in [-0.39, 0.29) is 11.8 Å². The van der Waals surface area contributed by atoms with Gasteiger partial charge in [-0.1, -0.05) is 35.5 Å². The first-order chi connectivity index (χ1) is 17.1. The van der Waals surface area contributed by atoms with Crippen LogP contribution in [0.2, 0.25) is 0 Å². The molecule has 184 valence electrons. The van der Waals surface area contributed by atoms with Crippen molar-refractivity contribution >= 4 is 11.8 Å². The van der Waals surface area contributed by atoms with Gasteiger partial charge < -0.3 is 19.1 Å². The molecule has 1 aliphatic heterocycles. The highest BCUT2D eigenvalue weighted by Crippen LogP contribution is 2.20. The van der Waals surface area contributed by atoms with Gasteiger partial charge in [-0.05, 0) is 49.1 Å². The Labute approximate surface area is 205 Å². The number of hydrogen-bond donors (Lipinski definition) is 0. The van der Waals surface area contributed by atoms with E-state index in [2.05, 4.69) is 22.3 Å². The number of ether oxygens (including phenoxy) is 1. The molecule has 0 radical (unpaired) electrons. The number of hydrogen-bond acceptors (Lipinski definition) is 6. The average Bonchev–Trinajstić information content (AvgIpc) is 3.38. The highest BCUT2D eigenvalue weighted by Gasteiger charge is 2.23. The van der Waals surface area contributed by atoms with E-state index in [0.717, 1.165) is 24.2 Å². The molecule has 0 bridgehead atoms. The minimum atomic E-state index is 0.107. The van der Waals surface area contributed by atoms with E-state index in [1.165, 1.54) is 5.56 Å². The summed E-state index contributed by atoms with van der Waals surface area (Å²) in [6.07, 6.45) is 3.91. The van der Waals surface area contributed by atoms with Gasteiger partial charge in [-0.3, -0.25) is 9.59 Å². The maximum absolute atomic E-state index is 12.6. The minimum Gasteiger partial charge on any atom is -0.497 e. The lowest BCUT2D eigenvalue weighted by atomic mass is 10.1. The quantitative estimate of drug-likeness (QED) is 0.443. The van der Waals surface area contributed by atoms with Crippen molar-refractivity contribution in [2.75, 3.05) is 33.3 Å². The summed E-state index contributed by atoms with van der Waals surface area (Å²) in [5, 5.41) is 4.03. The van der Waals surface area contributed by atoms with Crippen LogP contribution in [0.4, 0.5) is 0 Å². The van der Waals surface area contributed by atoms with Crippen LogP contribution in [0.3, 0.4) is 0 Å². The second-order valence-corrected chi connectivity index (χ2v) is 8.69. The SMILES string of the molecule is COc1ccc(-c2noc(CCCC(=O)N3CCN(C(=O)CCCc4ccccc4)CC3)n2)cc1. The summed E-state index contributed by atoms with van der Waals surface area (Å²) < 4.78 is 10.5. The standard InChI is InChI=1S/C27H32N4O4/c1-34-23-15-13-22(14-16-23)27-28-24(35-29-27)10-6-12-26(33)31-19-17-30(18-20-31)25(32)11-5-9-21-7-3-2-4-8-21/h2-4,7-8,13-16H,5-6,9-12,17-20H2,1H3. The summed E-state index contributed by atoms with van der Waals surface area (Å²) in [7, 11) is 1.62. The van der Waals surface area contributed by atoms with Crippen molar-refractivity contribution in [3.05, 3.63) is 66.1 Å². The summed E-state index contributed by atoms with van der Waals surface area (Å²) in [6, 6.07) is 17.7. The number of aryl methyl sites for hydroxylation is 2. The maximum Gasteiger partial charge on any atom is 0.226 e. The third-order valence-electron chi connectivity index (χ3n) is 6.28. The van der Waals surface area contributed by atoms with E-state index in [1.54, 1.807) is 7.11 Å². The summed E-state index contributed by atoms with van der Waals surface area (Å²) >= 11 is 0. The third kappa shape index (κ3) is 6.91. The van der Waals surface area contributed by atoms with Crippen LogP contribution < -0.4 is 4.74 Å². The molecule has 1 aliphatic rings. The number of amides is 2. The second kappa shape index (κ2) is 12.1. The van der Waals surface area contributed by atoms with Gasteiger partial charge in [0.25, 0.3) is 0 Å². The van der Waals surface area contributed by atoms with Gasteiger partial charge in [0.2, 0.25) is 23.5 Å². The van der Waals surface area contributed by atoms with Crippen LogP contribution in [0.15, 0.2) is 59.1 Å². The molecule has 8 nitrogen and oxygen atoms in total. The molecule has 0 unspecified atom stereocenters. The zero-order chi connectivity index (χ0) is 24.5. The maximum atomic E-state index is 12.6. The van der Waals surface area contributed by atoms with E-state index in [0.29, 0.717) is 63.6 Å². The molecule has 0 spiro atoms. The number of nitrogens with zero attached hydrogens (tertiary/aromatic N) is 4. The molecule has 0 atom stereocenters. The minimum absolute atomic E-state index is 0.107. The molecule has 35 heavy (non-hydrogen) atoms. The highest BCUT2D eigenvalue weighted by molar-refractivity contribution is 5.78. The molecule has 1 aromatic heterocycles. The summed E-state index contributed by atoms with van der Waals surface area (Å²) in [5.41, 5.74) is 2.11. The predicted molar refractivity (Wildman–Crippen MR) is 132 cm³/mol. The zero-order valence-electron chi connectivity index (χ0n) is 20.2. The summed E-state index contributed by atoms with van der Waals surface area (Å²) in [6.45, 7) is 2.38. The Kier molecular flexibility index (Phi) is 8.48. The molecule has 2 amide bonds. The van der Waals surface area contributed by atoms with Crippen molar-refractivity contribution in [2.45, 2.75) is 38.5 Å². The molecule has 0 N–H and O–H groups in total. The predicted octanol–water partition coefficient (Wildman–Crippen LogP) is 3.76. The fourth-order valence-electron chi connectivity index (χ4n) is 4.21. The Morgan fingerprint density at radius 2 is 1.46 bits per heavy atom. The van der Waals surface area contributed by atoms with Crippen LogP contribution in [0, 0.1) is 0 Å². The van der Waals surface area contributed by atoms with E-state index in [4.69, 9.17) is 9.26 Å². The molecule has 4 rings (SSSR count). The second-order valence-electron chi connectivity index (χ2n) is 8.69. The van der Waals surface area contributed by atoms with Crippen LogP contribution in [-0.2, 0) is 22.4 Å². The van der Waals surface area contributed by atoms with Crippen molar-refractivity contribution in [1.29, 1.82) is 0 Å². The number of rotatable bonds is 10. The molecule has 2 aromatic carbocycles. The van der Waals surface area contributed by atoms with Crippen LogP contribution in [0.1, 0.15) is 37.1 Å². The van der Waals surface area contributed by atoms with Crippen molar-refractivity contribution in [3.63, 3.8) is 0 Å². The van der Waals surface area contributed by atoms with Gasteiger partial charge in [-0.25, -0.2) is 0 Å². The lowest BCUT2D eigenvalue weighted by Crippen LogP contribution is -2.50. The molecule has 8 heteroatoms. The normalized spacial score (nSPS) is 13.6. The van der Waals surface area contributed by atoms with Crippen LogP contribution in [0.25, 0.3) is 11.4 Å². The fourth-order valence-corrected chi connectivity index (χ4v) is 4.21. The van der Waals surface area contributed by atoms with Gasteiger partial charge in [-0.15, -0.1) is 0 Å². The Morgan fingerprint density at radius 3 is 2.06 bits per heavy atom. The molecule has 3 aromatic rings. The average molecular weight is 477 g/mol. The number of aromatic nitrogens is 2. The van der Waals surface area contributed by atoms with Crippen molar-refractivity contribution in [1.82, 2.24) is 19.9 Å². The topological polar surface area (TPSA) is 88.8 Å².